The minimum atomic E-state index is -0.468. The van der Waals surface area contributed by atoms with Crippen LogP contribution in [-0.4, -0.2) is 24.5 Å². The average Bonchev–Trinajstić information content (AvgIpc) is 2.74. The molecule has 6 heteroatoms. The first kappa shape index (κ1) is 11.4. The second-order valence-corrected chi connectivity index (χ2v) is 3.89. The molecule has 1 atom stereocenters. The van der Waals surface area contributed by atoms with Crippen LogP contribution in [0.1, 0.15) is 17.9 Å². The molecule has 17 heavy (non-hydrogen) atoms. The smallest absolute Gasteiger partial charge is 0.273 e. The number of nitrogens with zero attached hydrogens (tertiary/aromatic N) is 1. The van der Waals surface area contributed by atoms with Crippen molar-refractivity contribution >= 4 is 11.6 Å². The molecule has 1 fully saturated rings. The van der Waals surface area contributed by atoms with Gasteiger partial charge in [-0.2, -0.15) is 0 Å². The Kier molecular flexibility index (Phi) is 2.95. The predicted molar refractivity (Wildman–Crippen MR) is 60.0 cm³/mol. The quantitative estimate of drug-likeness (QED) is 0.631. The third-order valence-electron chi connectivity index (χ3n) is 2.85. The molecule has 0 spiro atoms. The number of rotatable bonds is 3. The number of ether oxygens (including phenoxy) is 1. The number of carbonyl (C=O) groups excluding carboxylic acids is 1. The molecule has 6 nitrogen and oxygen atoms in total. The van der Waals surface area contributed by atoms with E-state index < -0.39 is 4.92 Å². The Morgan fingerprint density at radius 3 is 2.82 bits per heavy atom. The predicted octanol–water partition coefficient (Wildman–Crippen LogP) is 1.21. The molecular weight excluding hydrogens is 224 g/mol. The van der Waals surface area contributed by atoms with Crippen molar-refractivity contribution in [2.45, 2.75) is 12.3 Å². The lowest BCUT2D eigenvalue weighted by molar-refractivity contribution is -0.384. The van der Waals surface area contributed by atoms with Gasteiger partial charge in [0.1, 0.15) is 5.75 Å². The van der Waals surface area contributed by atoms with Crippen LogP contribution in [0, 0.1) is 10.1 Å². The molecule has 1 aliphatic heterocycles. The van der Waals surface area contributed by atoms with Crippen LogP contribution in [0.3, 0.4) is 0 Å². The van der Waals surface area contributed by atoms with Gasteiger partial charge in [-0.1, -0.05) is 0 Å². The zero-order chi connectivity index (χ0) is 12.4. The Labute approximate surface area is 97.7 Å². The van der Waals surface area contributed by atoms with Crippen molar-refractivity contribution in [1.29, 1.82) is 0 Å². The van der Waals surface area contributed by atoms with Crippen LogP contribution >= 0.6 is 0 Å². The third kappa shape index (κ3) is 2.20. The second kappa shape index (κ2) is 4.40. The molecular formula is C11H12N2O4. The van der Waals surface area contributed by atoms with Crippen molar-refractivity contribution in [3.63, 3.8) is 0 Å². The number of nitrogens with one attached hydrogen (secondary N) is 1. The average molecular weight is 236 g/mol. The van der Waals surface area contributed by atoms with E-state index in [1.807, 2.05) is 0 Å². The largest absolute Gasteiger partial charge is 0.496 e. The zero-order valence-electron chi connectivity index (χ0n) is 9.30. The van der Waals surface area contributed by atoms with Crippen LogP contribution < -0.4 is 10.1 Å². The van der Waals surface area contributed by atoms with Crippen molar-refractivity contribution in [1.82, 2.24) is 5.32 Å². The number of benzene rings is 1. The van der Waals surface area contributed by atoms with Crippen LogP contribution in [0.5, 0.6) is 5.75 Å². The number of non-ortho nitro benzene ring substituents is 1. The van der Waals surface area contributed by atoms with E-state index >= 15 is 0 Å². The Hall–Kier alpha value is -2.11. The molecule has 0 saturated carbocycles. The fraction of sp³-hybridized carbons (Fsp3) is 0.364. The molecule has 1 unspecified atom stereocenters. The molecule has 1 aliphatic rings. The maximum Gasteiger partial charge on any atom is 0.273 e. The number of nitro groups is 1. The first-order valence-corrected chi connectivity index (χ1v) is 5.21. The molecule has 1 amide bonds. The summed E-state index contributed by atoms with van der Waals surface area (Å²) in [6, 6.07) is 4.47. The summed E-state index contributed by atoms with van der Waals surface area (Å²) in [5, 5.41) is 13.4. The minimum absolute atomic E-state index is 0.00425. The lowest BCUT2D eigenvalue weighted by Gasteiger charge is -2.12. The van der Waals surface area contributed by atoms with Gasteiger partial charge in [0.15, 0.2) is 0 Å². The molecule has 1 aromatic carbocycles. The van der Waals surface area contributed by atoms with Gasteiger partial charge in [0.05, 0.1) is 18.1 Å². The third-order valence-corrected chi connectivity index (χ3v) is 2.85. The minimum Gasteiger partial charge on any atom is -0.496 e. The van der Waals surface area contributed by atoms with Gasteiger partial charge < -0.3 is 10.1 Å². The molecule has 0 aromatic heterocycles. The lowest BCUT2D eigenvalue weighted by Crippen LogP contribution is -2.13. The van der Waals surface area contributed by atoms with E-state index in [0.717, 1.165) is 5.56 Å². The molecule has 2 rings (SSSR count). The van der Waals surface area contributed by atoms with E-state index in [4.69, 9.17) is 4.74 Å². The van der Waals surface area contributed by atoms with E-state index in [-0.39, 0.29) is 17.5 Å². The second-order valence-electron chi connectivity index (χ2n) is 3.89. The summed E-state index contributed by atoms with van der Waals surface area (Å²) in [4.78, 5) is 21.3. The molecule has 1 aromatic rings. The highest BCUT2D eigenvalue weighted by Gasteiger charge is 2.26. The fourth-order valence-corrected chi connectivity index (χ4v) is 1.98. The van der Waals surface area contributed by atoms with Crippen molar-refractivity contribution < 1.29 is 14.5 Å². The Bertz CT molecular complexity index is 473. The maximum absolute atomic E-state index is 11.1. The summed E-state index contributed by atoms with van der Waals surface area (Å²) in [7, 11) is 1.47. The van der Waals surface area contributed by atoms with Gasteiger partial charge in [0.25, 0.3) is 5.69 Å². The molecule has 0 radical (unpaired) electrons. The van der Waals surface area contributed by atoms with Crippen LogP contribution in [0.25, 0.3) is 0 Å². The van der Waals surface area contributed by atoms with E-state index in [9.17, 15) is 14.9 Å². The molecule has 1 heterocycles. The Balaban J connectivity index is 2.34. The van der Waals surface area contributed by atoms with E-state index in [1.165, 1.54) is 19.2 Å². The normalized spacial score (nSPS) is 18.9. The van der Waals surface area contributed by atoms with E-state index in [2.05, 4.69) is 5.32 Å². The summed E-state index contributed by atoms with van der Waals surface area (Å²) < 4.78 is 5.14. The van der Waals surface area contributed by atoms with Crippen LogP contribution in [0.15, 0.2) is 18.2 Å². The van der Waals surface area contributed by atoms with Crippen LogP contribution in [-0.2, 0) is 4.79 Å². The van der Waals surface area contributed by atoms with Crippen molar-refractivity contribution in [3.05, 3.63) is 33.9 Å². The Morgan fingerprint density at radius 2 is 2.29 bits per heavy atom. The summed E-state index contributed by atoms with van der Waals surface area (Å²) in [6.45, 7) is 0.549. The maximum atomic E-state index is 11.1. The van der Waals surface area contributed by atoms with Gasteiger partial charge in [0, 0.05) is 24.9 Å². The first-order chi connectivity index (χ1) is 8.11. The standard InChI is InChI=1S/C11H12N2O4/c1-17-10-5-8(13(15)16)2-3-9(10)7-4-11(14)12-6-7/h2-3,5,7H,4,6H2,1H3,(H,12,14). The number of methoxy groups -OCH3 is 1. The zero-order valence-corrected chi connectivity index (χ0v) is 9.30. The van der Waals surface area contributed by atoms with Gasteiger partial charge in [-0.05, 0) is 11.6 Å². The number of amides is 1. The lowest BCUT2D eigenvalue weighted by atomic mass is 9.97. The number of hydrogen-bond donors (Lipinski definition) is 1. The van der Waals surface area contributed by atoms with Gasteiger partial charge in [-0.3, -0.25) is 14.9 Å². The van der Waals surface area contributed by atoms with Crippen molar-refractivity contribution in [2.24, 2.45) is 0 Å². The first-order valence-electron chi connectivity index (χ1n) is 5.21. The molecule has 1 N–H and O–H groups in total. The van der Waals surface area contributed by atoms with Gasteiger partial charge in [0.2, 0.25) is 5.91 Å². The highest BCUT2D eigenvalue weighted by molar-refractivity contribution is 5.79. The SMILES string of the molecule is COc1cc([N+](=O)[O-])ccc1C1CNC(=O)C1. The number of hydrogen-bond acceptors (Lipinski definition) is 4. The molecule has 90 valence electrons. The molecule has 0 bridgehead atoms. The van der Waals surface area contributed by atoms with Crippen molar-refractivity contribution in [3.8, 4) is 5.75 Å². The Morgan fingerprint density at radius 1 is 1.53 bits per heavy atom. The molecule has 1 saturated heterocycles. The topological polar surface area (TPSA) is 81.5 Å². The van der Waals surface area contributed by atoms with Crippen LogP contribution in [0.2, 0.25) is 0 Å². The van der Waals surface area contributed by atoms with Gasteiger partial charge >= 0.3 is 0 Å². The monoisotopic (exact) mass is 236 g/mol. The van der Waals surface area contributed by atoms with E-state index in [0.29, 0.717) is 18.7 Å². The van der Waals surface area contributed by atoms with Gasteiger partial charge in [-0.25, -0.2) is 0 Å². The summed E-state index contributed by atoms with van der Waals surface area (Å²) in [5.74, 6) is 0.481. The van der Waals surface area contributed by atoms with Crippen molar-refractivity contribution in [2.75, 3.05) is 13.7 Å². The summed E-state index contributed by atoms with van der Waals surface area (Å²) in [6.07, 6.45) is 0.397. The number of carbonyl (C=O) groups is 1. The van der Waals surface area contributed by atoms with Crippen LogP contribution in [0.4, 0.5) is 5.69 Å². The van der Waals surface area contributed by atoms with Gasteiger partial charge in [-0.15, -0.1) is 0 Å². The summed E-state index contributed by atoms with van der Waals surface area (Å²) >= 11 is 0. The highest BCUT2D eigenvalue weighted by atomic mass is 16.6. The fourth-order valence-electron chi connectivity index (χ4n) is 1.98. The number of nitro benzene ring substituents is 1. The molecule has 0 aliphatic carbocycles. The van der Waals surface area contributed by atoms with E-state index in [1.54, 1.807) is 6.07 Å². The highest BCUT2D eigenvalue weighted by Crippen LogP contribution is 2.33. The summed E-state index contributed by atoms with van der Waals surface area (Å²) in [5.41, 5.74) is 0.819.